The molecule has 0 aromatic carbocycles. The van der Waals surface area contributed by atoms with E-state index in [9.17, 15) is 42.8 Å². The van der Waals surface area contributed by atoms with Crippen LogP contribution in [0.2, 0.25) is 0 Å². The van der Waals surface area contributed by atoms with Crippen LogP contribution in [0.5, 0.6) is 0 Å². The van der Waals surface area contributed by atoms with E-state index in [1.165, 1.54) is 0 Å². The number of aromatic nitrogens is 2. The van der Waals surface area contributed by atoms with Crippen LogP contribution in [0.25, 0.3) is 0 Å². The van der Waals surface area contributed by atoms with Gasteiger partial charge in [-0.15, -0.1) is 0 Å². The van der Waals surface area contributed by atoms with Crippen LogP contribution in [0.15, 0.2) is 21.9 Å². The predicted molar refractivity (Wildman–Crippen MR) is 87.1 cm³/mol. The van der Waals surface area contributed by atoms with Gasteiger partial charge in [0.05, 0.1) is 0 Å². The van der Waals surface area contributed by atoms with Crippen LogP contribution in [-0.4, -0.2) is 64.0 Å². The number of aliphatic hydroxyl groups excluding tert-OH is 2. The summed E-state index contributed by atoms with van der Waals surface area (Å²) in [7, 11) is -17.5. The molecule has 7 atom stereocenters. The molecule has 0 bridgehead atoms. The monoisotopic (exact) mass is 502 g/mol. The molecular weight excluding hydrogens is 488 g/mol. The van der Waals surface area contributed by atoms with E-state index in [4.69, 9.17) is 19.4 Å². The Kier molecular flexibility index (Phi) is 7.38. The van der Waals surface area contributed by atoms with E-state index in [-0.39, 0.29) is 0 Å². The third-order valence-electron chi connectivity index (χ3n) is 3.31. The normalized spacial score (nSPS) is 29.8. The number of nitrogens with zero attached hydrogens (tertiary/aromatic N) is 1. The zero-order valence-electron chi connectivity index (χ0n) is 14.1. The molecule has 0 radical (unpaired) electrons. The molecule has 2 heterocycles. The Bertz CT molecular complexity index is 1030. The lowest BCUT2D eigenvalue weighted by molar-refractivity contribution is -0.126. The van der Waals surface area contributed by atoms with Crippen molar-refractivity contribution in [3.63, 3.8) is 0 Å². The van der Waals surface area contributed by atoms with Gasteiger partial charge in [0.15, 0.2) is 6.23 Å². The summed E-state index contributed by atoms with van der Waals surface area (Å²) in [6.45, 7) is 0. The van der Waals surface area contributed by atoms with Gasteiger partial charge in [-0.1, -0.05) is 0 Å². The third kappa shape index (κ3) is 6.45. The molecule has 3 unspecified atom stereocenters. The zero-order chi connectivity index (χ0) is 23.1. The topological polar surface area (TPSA) is 264 Å². The average Bonchev–Trinajstić information content (AvgIpc) is 2.79. The first kappa shape index (κ1) is 25.2. The summed E-state index contributed by atoms with van der Waals surface area (Å²) in [5.74, 6) is 0. The van der Waals surface area contributed by atoms with Crippen molar-refractivity contribution in [3.05, 3.63) is 33.1 Å². The van der Waals surface area contributed by atoms with Crippen molar-refractivity contribution in [2.24, 2.45) is 0 Å². The molecular formula is C9H14FN2O15P3. The van der Waals surface area contributed by atoms with E-state index in [0.717, 1.165) is 12.3 Å². The highest BCUT2D eigenvalue weighted by Gasteiger charge is 2.51. The molecule has 1 saturated heterocycles. The fourth-order valence-corrected chi connectivity index (χ4v) is 5.28. The molecule has 0 spiro atoms. The third-order valence-corrected chi connectivity index (χ3v) is 7.10. The minimum absolute atomic E-state index is 0.548. The van der Waals surface area contributed by atoms with Gasteiger partial charge in [-0.25, -0.2) is 27.4 Å². The van der Waals surface area contributed by atoms with Crippen molar-refractivity contribution >= 4 is 23.5 Å². The number of aliphatic hydroxyl groups is 2. The molecule has 1 fully saturated rings. The van der Waals surface area contributed by atoms with Crippen molar-refractivity contribution in [2.45, 2.75) is 30.9 Å². The number of phosphoric ester groups is 1. The summed E-state index contributed by atoms with van der Waals surface area (Å²) in [6.07, 6.45) is -10.6. The molecule has 0 amide bonds. The first-order valence-corrected chi connectivity index (χ1v) is 11.8. The molecule has 21 heteroatoms. The Morgan fingerprint density at radius 3 is 2.20 bits per heavy atom. The summed E-state index contributed by atoms with van der Waals surface area (Å²) >= 11 is 0. The molecule has 0 aliphatic carbocycles. The molecule has 1 aromatic rings. The number of phosphoric acid groups is 3. The van der Waals surface area contributed by atoms with E-state index in [1.807, 2.05) is 0 Å². The maximum Gasteiger partial charge on any atom is 0.490 e. The number of aromatic amines is 1. The van der Waals surface area contributed by atoms with Crippen molar-refractivity contribution in [3.8, 4) is 0 Å². The van der Waals surface area contributed by atoms with Gasteiger partial charge < -0.3 is 34.5 Å². The zero-order valence-corrected chi connectivity index (χ0v) is 16.7. The lowest BCUT2D eigenvalue weighted by atomic mass is 10.1. The Hall–Kier alpha value is -1.10. The lowest BCUT2D eigenvalue weighted by Crippen LogP contribution is -2.38. The number of ether oxygens (including phenoxy) is 1. The number of hydrogen-bond acceptors (Lipinski definition) is 11. The van der Waals surface area contributed by atoms with E-state index in [0.29, 0.717) is 4.57 Å². The standard InChI is InChI=1S/C9H14FN2O15P3/c10-7(25-29(20,21)27-30(22,23)26-28(17,18)19)6-4(14)5(15)8(24-6)12-2-1-3(13)11-9(12)16/h1-2,4-8,14-15H,(H,20,21)(H,22,23)(H,11,13,16)(H2,17,18,19)/t4-,5+,6-,7?,8+/m0/s1. The van der Waals surface area contributed by atoms with Gasteiger partial charge in [0.1, 0.15) is 18.3 Å². The van der Waals surface area contributed by atoms with E-state index >= 15 is 0 Å². The highest BCUT2D eigenvalue weighted by Crippen LogP contribution is 2.66. The Labute approximate surface area is 163 Å². The largest absolute Gasteiger partial charge is 0.490 e. The maximum absolute atomic E-state index is 14.3. The summed E-state index contributed by atoms with van der Waals surface area (Å²) in [5.41, 5.74) is -1.94. The molecule has 17 nitrogen and oxygen atoms in total. The average molecular weight is 502 g/mol. The van der Waals surface area contributed by atoms with Gasteiger partial charge in [-0.2, -0.15) is 8.62 Å². The number of alkyl halides is 1. The highest BCUT2D eigenvalue weighted by molar-refractivity contribution is 7.66. The fraction of sp³-hybridized carbons (Fsp3) is 0.556. The molecule has 2 rings (SSSR count). The second kappa shape index (κ2) is 8.80. The van der Waals surface area contributed by atoms with Gasteiger partial charge in [-0.3, -0.25) is 14.3 Å². The van der Waals surface area contributed by atoms with Gasteiger partial charge >= 0.3 is 29.2 Å². The summed E-state index contributed by atoms with van der Waals surface area (Å²) < 4.78 is 63.6. The van der Waals surface area contributed by atoms with E-state index in [2.05, 4.69) is 13.1 Å². The SMILES string of the molecule is O=c1ccn([C@@H]2O[C@H](C(F)OP(=O)(O)OP(=O)(O)OP(=O)(O)O)[C@@H](O)[C@H]2O)c(=O)[nH]1. The first-order chi connectivity index (χ1) is 13.5. The van der Waals surface area contributed by atoms with Crippen LogP contribution in [0.3, 0.4) is 0 Å². The highest BCUT2D eigenvalue weighted by atomic mass is 31.3. The molecule has 7 N–H and O–H groups in total. The van der Waals surface area contributed by atoms with Crippen LogP contribution < -0.4 is 11.2 Å². The van der Waals surface area contributed by atoms with Gasteiger partial charge in [0.25, 0.3) is 5.56 Å². The number of hydrogen-bond donors (Lipinski definition) is 7. The quantitative estimate of drug-likeness (QED) is 0.186. The van der Waals surface area contributed by atoms with Crippen molar-refractivity contribution in [2.75, 3.05) is 0 Å². The van der Waals surface area contributed by atoms with Gasteiger partial charge in [0, 0.05) is 12.3 Å². The molecule has 1 aromatic heterocycles. The Balaban J connectivity index is 2.14. The minimum Gasteiger partial charge on any atom is -0.387 e. The van der Waals surface area contributed by atoms with Crippen molar-refractivity contribution < 1.29 is 65.8 Å². The summed E-state index contributed by atoms with van der Waals surface area (Å²) in [6, 6.07) is 0.830. The van der Waals surface area contributed by atoms with E-state index in [1.54, 1.807) is 4.98 Å². The smallest absolute Gasteiger partial charge is 0.387 e. The Morgan fingerprint density at radius 1 is 1.07 bits per heavy atom. The number of H-pyrrole nitrogens is 1. The molecule has 172 valence electrons. The van der Waals surface area contributed by atoms with Gasteiger partial charge in [-0.05, 0) is 0 Å². The fourth-order valence-electron chi connectivity index (χ4n) is 2.25. The number of rotatable bonds is 8. The van der Waals surface area contributed by atoms with Crippen LogP contribution in [0.1, 0.15) is 6.23 Å². The number of nitrogens with one attached hydrogen (secondary N) is 1. The Morgan fingerprint density at radius 2 is 1.67 bits per heavy atom. The van der Waals surface area contributed by atoms with Crippen LogP contribution in [0, 0.1) is 0 Å². The molecule has 30 heavy (non-hydrogen) atoms. The second-order valence-corrected chi connectivity index (χ2v) is 9.91. The molecule has 1 aliphatic heterocycles. The van der Waals surface area contributed by atoms with Crippen LogP contribution in [-0.2, 0) is 31.6 Å². The minimum atomic E-state index is -5.92. The van der Waals surface area contributed by atoms with Crippen molar-refractivity contribution in [1.29, 1.82) is 0 Å². The van der Waals surface area contributed by atoms with E-state index < -0.39 is 65.6 Å². The molecule has 0 saturated carbocycles. The van der Waals surface area contributed by atoms with Crippen LogP contribution >= 0.6 is 23.5 Å². The number of halogens is 1. The molecule has 1 aliphatic rings. The first-order valence-electron chi connectivity index (χ1n) is 7.31. The second-order valence-electron chi connectivity index (χ2n) is 5.54. The lowest BCUT2D eigenvalue weighted by Gasteiger charge is -2.22. The van der Waals surface area contributed by atoms with Crippen molar-refractivity contribution in [1.82, 2.24) is 9.55 Å². The maximum atomic E-state index is 14.3. The summed E-state index contributed by atoms with van der Waals surface area (Å²) in [5, 5.41) is 19.8. The van der Waals surface area contributed by atoms with Crippen LogP contribution in [0.4, 0.5) is 4.39 Å². The predicted octanol–water partition coefficient (Wildman–Crippen LogP) is -2.21. The van der Waals surface area contributed by atoms with Gasteiger partial charge in [0.2, 0.25) is 6.36 Å². The summed E-state index contributed by atoms with van der Waals surface area (Å²) in [4.78, 5) is 59.7.